The lowest BCUT2D eigenvalue weighted by molar-refractivity contribution is -0.148. The Labute approximate surface area is 197 Å². The molecule has 0 saturated carbocycles. The zero-order chi connectivity index (χ0) is 25.5. The number of nitrogens with one attached hydrogen (secondary N) is 1. The lowest BCUT2D eigenvalue weighted by atomic mass is 10.2. The van der Waals surface area contributed by atoms with E-state index in [0.717, 1.165) is 5.56 Å². The van der Waals surface area contributed by atoms with Gasteiger partial charge in [-0.05, 0) is 67.9 Å². The monoisotopic (exact) mass is 487 g/mol. The van der Waals surface area contributed by atoms with Crippen molar-refractivity contribution in [2.45, 2.75) is 91.8 Å². The van der Waals surface area contributed by atoms with E-state index in [1.54, 1.807) is 74.4 Å². The van der Waals surface area contributed by atoms with Gasteiger partial charge in [-0.1, -0.05) is 30.3 Å². The van der Waals surface area contributed by atoms with Crippen LogP contribution in [0.1, 0.15) is 67.9 Å². The number of hydrogen-bond acceptors (Lipinski definition) is 8. The Morgan fingerprint density at radius 1 is 0.879 bits per heavy atom. The number of phosphoric acid groups is 1. The second-order valence-corrected chi connectivity index (χ2v) is 12.0. The van der Waals surface area contributed by atoms with Gasteiger partial charge in [-0.3, -0.25) is 13.6 Å². The fourth-order valence-corrected chi connectivity index (χ4v) is 4.17. The van der Waals surface area contributed by atoms with E-state index in [1.807, 2.05) is 18.2 Å². The summed E-state index contributed by atoms with van der Waals surface area (Å²) >= 11 is 0. The van der Waals surface area contributed by atoms with Crippen LogP contribution in [0.25, 0.3) is 0 Å². The van der Waals surface area contributed by atoms with E-state index in [9.17, 15) is 14.2 Å². The van der Waals surface area contributed by atoms with Crippen molar-refractivity contribution in [2.24, 2.45) is 0 Å². The van der Waals surface area contributed by atoms with Crippen LogP contribution in [-0.2, 0) is 39.0 Å². The standard InChI is InChI=1S/C23H38NO8P/c1-21(2,3)30-20(26)24-18(19(25)28-15-17-13-11-10-12-14-17)16-29-33(27,31-22(4,5)6)32-23(7,8)9/h10-14,18H,15-16H2,1-9H3,(H,24,26). The third-order valence-electron chi connectivity index (χ3n) is 3.37. The molecule has 0 spiro atoms. The molecule has 0 aliphatic heterocycles. The summed E-state index contributed by atoms with van der Waals surface area (Å²) in [7, 11) is -4.12. The van der Waals surface area contributed by atoms with Gasteiger partial charge in [0, 0.05) is 0 Å². The molecule has 0 saturated heterocycles. The van der Waals surface area contributed by atoms with Crippen molar-refractivity contribution in [1.29, 1.82) is 0 Å². The van der Waals surface area contributed by atoms with Gasteiger partial charge in [0.05, 0.1) is 17.8 Å². The normalized spacial score (nSPS) is 13.8. The average molecular weight is 488 g/mol. The van der Waals surface area contributed by atoms with Gasteiger partial charge in [0.2, 0.25) is 0 Å². The highest BCUT2D eigenvalue weighted by Gasteiger charge is 2.39. The Hall–Kier alpha value is -1.93. The van der Waals surface area contributed by atoms with E-state index in [1.165, 1.54) is 0 Å². The minimum absolute atomic E-state index is 0.0131. The molecule has 0 radical (unpaired) electrons. The van der Waals surface area contributed by atoms with Crippen molar-refractivity contribution in [3.05, 3.63) is 35.9 Å². The van der Waals surface area contributed by atoms with Gasteiger partial charge in [-0.2, -0.15) is 0 Å². The number of carbonyl (C=O) groups is 2. The number of rotatable bonds is 9. The first-order valence-electron chi connectivity index (χ1n) is 10.7. The van der Waals surface area contributed by atoms with Crippen LogP contribution in [0.4, 0.5) is 4.79 Å². The fourth-order valence-electron chi connectivity index (χ4n) is 2.36. The number of amides is 1. The van der Waals surface area contributed by atoms with Crippen molar-refractivity contribution in [3.63, 3.8) is 0 Å². The van der Waals surface area contributed by atoms with Gasteiger partial charge in [-0.25, -0.2) is 14.2 Å². The number of phosphoric ester groups is 1. The van der Waals surface area contributed by atoms with Crippen LogP contribution in [0.5, 0.6) is 0 Å². The summed E-state index contributed by atoms with van der Waals surface area (Å²) in [4.78, 5) is 25.1. The molecule has 1 N–H and O–H groups in total. The summed E-state index contributed by atoms with van der Waals surface area (Å²) in [5, 5.41) is 2.41. The maximum Gasteiger partial charge on any atom is 0.475 e. The molecule has 188 valence electrons. The number of ether oxygens (including phenoxy) is 2. The summed E-state index contributed by atoms with van der Waals surface area (Å²) in [6.07, 6.45) is -0.851. The van der Waals surface area contributed by atoms with Crippen LogP contribution in [0, 0.1) is 0 Å². The second kappa shape index (κ2) is 11.5. The smallest absolute Gasteiger partial charge is 0.459 e. The molecule has 0 bridgehead atoms. The van der Waals surface area contributed by atoms with Crippen LogP contribution in [0.15, 0.2) is 30.3 Å². The first kappa shape index (κ1) is 29.1. The van der Waals surface area contributed by atoms with Crippen molar-refractivity contribution in [2.75, 3.05) is 6.61 Å². The largest absolute Gasteiger partial charge is 0.475 e. The minimum Gasteiger partial charge on any atom is -0.459 e. The van der Waals surface area contributed by atoms with Crippen molar-refractivity contribution in [3.8, 4) is 0 Å². The van der Waals surface area contributed by atoms with Crippen LogP contribution in [-0.4, -0.2) is 41.5 Å². The first-order valence-corrected chi connectivity index (χ1v) is 12.2. The van der Waals surface area contributed by atoms with E-state index in [4.69, 9.17) is 23.0 Å². The predicted molar refractivity (Wildman–Crippen MR) is 125 cm³/mol. The molecule has 33 heavy (non-hydrogen) atoms. The predicted octanol–water partition coefficient (Wildman–Crippen LogP) is 5.38. The van der Waals surface area contributed by atoms with Gasteiger partial charge >= 0.3 is 19.9 Å². The fraction of sp³-hybridized carbons (Fsp3) is 0.652. The second-order valence-electron chi connectivity index (χ2n) is 10.4. The maximum absolute atomic E-state index is 13.3. The van der Waals surface area contributed by atoms with Gasteiger partial charge in [0.15, 0.2) is 6.04 Å². The molecule has 0 aliphatic carbocycles. The quantitative estimate of drug-likeness (QED) is 0.365. The van der Waals surface area contributed by atoms with E-state index in [2.05, 4.69) is 5.32 Å². The molecule has 1 unspecified atom stereocenters. The van der Waals surface area contributed by atoms with Crippen LogP contribution < -0.4 is 5.32 Å². The molecule has 10 heteroatoms. The van der Waals surface area contributed by atoms with Crippen LogP contribution >= 0.6 is 7.82 Å². The molecule has 0 aromatic heterocycles. The number of alkyl carbamates (subject to hydrolysis) is 1. The Bertz CT molecular complexity index is 802. The van der Waals surface area contributed by atoms with E-state index >= 15 is 0 Å². The molecule has 1 atom stereocenters. The Morgan fingerprint density at radius 2 is 1.39 bits per heavy atom. The molecule has 1 rings (SSSR count). The zero-order valence-electron chi connectivity index (χ0n) is 21.1. The van der Waals surface area contributed by atoms with Crippen LogP contribution in [0.2, 0.25) is 0 Å². The highest BCUT2D eigenvalue weighted by atomic mass is 31.2. The first-order chi connectivity index (χ1) is 14.9. The lowest BCUT2D eigenvalue weighted by Crippen LogP contribution is -2.46. The molecular formula is C23H38NO8P. The lowest BCUT2D eigenvalue weighted by Gasteiger charge is -2.31. The summed E-state index contributed by atoms with van der Waals surface area (Å²) in [6, 6.07) is 7.74. The van der Waals surface area contributed by atoms with Crippen molar-refractivity contribution >= 4 is 19.9 Å². The van der Waals surface area contributed by atoms with Gasteiger partial charge in [0.25, 0.3) is 0 Å². The number of carbonyl (C=O) groups excluding carboxylic acids is 2. The van der Waals surface area contributed by atoms with Crippen LogP contribution in [0.3, 0.4) is 0 Å². The van der Waals surface area contributed by atoms with Gasteiger partial charge < -0.3 is 14.8 Å². The Balaban J connectivity index is 3.00. The third-order valence-corrected chi connectivity index (χ3v) is 5.38. The topological polar surface area (TPSA) is 109 Å². The van der Waals surface area contributed by atoms with Crippen molar-refractivity contribution in [1.82, 2.24) is 5.32 Å². The Morgan fingerprint density at radius 3 is 1.85 bits per heavy atom. The molecule has 1 amide bonds. The number of esters is 1. The minimum atomic E-state index is -4.12. The summed E-state index contributed by atoms with van der Waals surface area (Å²) < 4.78 is 40.5. The summed E-state index contributed by atoms with van der Waals surface area (Å²) in [6.45, 7) is 14.7. The molecule has 0 aliphatic rings. The molecule has 1 aromatic rings. The van der Waals surface area contributed by atoms with E-state index in [-0.39, 0.29) is 6.61 Å². The average Bonchev–Trinajstić information content (AvgIpc) is 2.59. The number of benzene rings is 1. The van der Waals surface area contributed by atoms with Crippen molar-refractivity contribution < 1.29 is 37.2 Å². The molecular weight excluding hydrogens is 449 g/mol. The molecule has 0 fully saturated rings. The molecule has 9 nitrogen and oxygen atoms in total. The molecule has 1 aromatic carbocycles. The Kier molecular flexibility index (Phi) is 10.1. The summed E-state index contributed by atoms with van der Waals surface area (Å²) in [5.74, 6) is -0.789. The maximum atomic E-state index is 13.3. The summed E-state index contributed by atoms with van der Waals surface area (Å²) in [5.41, 5.74) is -1.74. The zero-order valence-corrected chi connectivity index (χ0v) is 22.0. The molecule has 0 heterocycles. The highest BCUT2D eigenvalue weighted by Crippen LogP contribution is 2.55. The third kappa shape index (κ3) is 13.4. The SMILES string of the molecule is CC(C)(C)OC(=O)NC(COP(=O)(OC(C)(C)C)OC(C)(C)C)C(=O)OCc1ccccc1. The highest BCUT2D eigenvalue weighted by molar-refractivity contribution is 7.48. The van der Waals surface area contributed by atoms with E-state index < -0.39 is 49.3 Å². The van der Waals surface area contributed by atoms with E-state index in [0.29, 0.717) is 0 Å². The van der Waals surface area contributed by atoms with Gasteiger partial charge in [-0.15, -0.1) is 0 Å². The number of hydrogen-bond donors (Lipinski definition) is 1. The van der Waals surface area contributed by atoms with Gasteiger partial charge in [0.1, 0.15) is 12.2 Å².